The van der Waals surface area contributed by atoms with E-state index in [-0.39, 0.29) is 11.5 Å². The van der Waals surface area contributed by atoms with Crippen molar-refractivity contribution in [2.75, 3.05) is 12.3 Å². The number of nitriles is 1. The van der Waals surface area contributed by atoms with Crippen LogP contribution in [0, 0.1) is 17.2 Å². The average molecular weight is 416 g/mol. The SMILES string of the molecule is Cn1nc(-c2cn3nccc3c(-c3cnn(C4(CN)CCC(C#N)CC4)c3)n2)cc1N. The highest BCUT2D eigenvalue weighted by Crippen LogP contribution is 2.37. The van der Waals surface area contributed by atoms with Crippen molar-refractivity contribution >= 4 is 11.3 Å². The lowest BCUT2D eigenvalue weighted by atomic mass is 9.77. The molecule has 1 aliphatic rings. The van der Waals surface area contributed by atoms with Crippen LogP contribution in [0.3, 0.4) is 0 Å². The lowest BCUT2D eigenvalue weighted by Gasteiger charge is -2.38. The number of anilines is 1. The zero-order valence-electron chi connectivity index (χ0n) is 17.3. The molecular formula is C21H24N10. The van der Waals surface area contributed by atoms with E-state index in [9.17, 15) is 5.26 Å². The number of nitrogens with zero attached hydrogens (tertiary/aromatic N) is 8. The Kier molecular flexibility index (Phi) is 4.48. The van der Waals surface area contributed by atoms with Crippen LogP contribution in [0.2, 0.25) is 0 Å². The van der Waals surface area contributed by atoms with Crippen molar-refractivity contribution in [2.45, 2.75) is 31.2 Å². The first-order valence-corrected chi connectivity index (χ1v) is 10.3. The van der Waals surface area contributed by atoms with Gasteiger partial charge in [-0.05, 0) is 31.7 Å². The van der Waals surface area contributed by atoms with E-state index >= 15 is 0 Å². The third kappa shape index (κ3) is 3.14. The van der Waals surface area contributed by atoms with Gasteiger partial charge in [0.25, 0.3) is 0 Å². The van der Waals surface area contributed by atoms with E-state index in [0.717, 1.165) is 42.5 Å². The van der Waals surface area contributed by atoms with Gasteiger partial charge in [0.1, 0.15) is 17.2 Å². The number of aryl methyl sites for hydroxylation is 1. The largest absolute Gasteiger partial charge is 0.384 e. The van der Waals surface area contributed by atoms with Crippen LogP contribution in [-0.4, -0.2) is 40.7 Å². The van der Waals surface area contributed by atoms with Crippen LogP contribution in [0.4, 0.5) is 5.82 Å². The van der Waals surface area contributed by atoms with Gasteiger partial charge in [0.05, 0.1) is 41.4 Å². The van der Waals surface area contributed by atoms with Crippen molar-refractivity contribution < 1.29 is 0 Å². The molecule has 31 heavy (non-hydrogen) atoms. The topological polar surface area (TPSA) is 142 Å². The highest BCUT2D eigenvalue weighted by molar-refractivity contribution is 5.78. The third-order valence-electron chi connectivity index (χ3n) is 6.39. The molecule has 0 unspecified atom stereocenters. The molecule has 4 aromatic heterocycles. The first kappa shape index (κ1) is 19.3. The van der Waals surface area contributed by atoms with E-state index in [1.54, 1.807) is 28.5 Å². The molecule has 0 amide bonds. The maximum absolute atomic E-state index is 9.24. The van der Waals surface area contributed by atoms with E-state index in [1.807, 2.05) is 29.3 Å². The molecule has 0 atom stereocenters. The fourth-order valence-electron chi connectivity index (χ4n) is 4.39. The van der Waals surface area contributed by atoms with E-state index in [4.69, 9.17) is 16.5 Å². The van der Waals surface area contributed by atoms with Crippen molar-refractivity contribution in [1.82, 2.24) is 34.2 Å². The molecule has 4 heterocycles. The van der Waals surface area contributed by atoms with Gasteiger partial charge in [-0.25, -0.2) is 9.50 Å². The number of fused-ring (bicyclic) bond motifs is 1. The fraction of sp³-hybridized carbons (Fsp3) is 0.381. The lowest BCUT2D eigenvalue weighted by Crippen LogP contribution is -2.44. The highest BCUT2D eigenvalue weighted by atomic mass is 15.3. The number of hydrogen-bond donors (Lipinski definition) is 2. The second-order valence-corrected chi connectivity index (χ2v) is 8.22. The molecule has 0 aromatic carbocycles. The highest BCUT2D eigenvalue weighted by Gasteiger charge is 2.36. The summed E-state index contributed by atoms with van der Waals surface area (Å²) >= 11 is 0. The Morgan fingerprint density at radius 1 is 1.23 bits per heavy atom. The van der Waals surface area contributed by atoms with Crippen molar-refractivity contribution in [2.24, 2.45) is 18.7 Å². The summed E-state index contributed by atoms with van der Waals surface area (Å²) < 4.78 is 5.37. The number of rotatable bonds is 4. The minimum atomic E-state index is -0.269. The Hall–Kier alpha value is -3.71. The maximum Gasteiger partial charge on any atom is 0.122 e. The molecule has 0 spiro atoms. The molecule has 158 valence electrons. The third-order valence-corrected chi connectivity index (χ3v) is 6.39. The van der Waals surface area contributed by atoms with Gasteiger partial charge in [0, 0.05) is 37.3 Å². The van der Waals surface area contributed by atoms with Crippen molar-refractivity contribution in [1.29, 1.82) is 5.26 Å². The minimum Gasteiger partial charge on any atom is -0.384 e. The molecule has 1 aliphatic carbocycles. The van der Waals surface area contributed by atoms with E-state index in [2.05, 4.69) is 21.4 Å². The Bertz CT molecular complexity index is 1260. The Balaban J connectivity index is 1.57. The van der Waals surface area contributed by atoms with Gasteiger partial charge in [-0.2, -0.15) is 20.6 Å². The lowest BCUT2D eigenvalue weighted by molar-refractivity contribution is 0.164. The van der Waals surface area contributed by atoms with Crippen LogP contribution in [0.15, 0.2) is 36.9 Å². The summed E-state index contributed by atoms with van der Waals surface area (Å²) in [5, 5.41) is 22.8. The molecule has 0 bridgehead atoms. The van der Waals surface area contributed by atoms with Gasteiger partial charge in [0.15, 0.2) is 0 Å². The molecule has 0 saturated heterocycles. The molecule has 1 fully saturated rings. The number of nitrogen functional groups attached to an aromatic ring is 1. The standard InChI is InChI=1S/C21H24N10/c1-29-19(24)8-16(28-29)17-12-30-18(4-7-25-30)20(27-17)15-10-26-31(11-15)21(13-23)5-2-14(9-22)3-6-21/h4,7-8,10-12,14H,2-3,5-6,13,23-24H2,1H3. The summed E-state index contributed by atoms with van der Waals surface area (Å²) in [4.78, 5) is 4.88. The van der Waals surface area contributed by atoms with Gasteiger partial charge < -0.3 is 11.5 Å². The molecule has 0 radical (unpaired) electrons. The van der Waals surface area contributed by atoms with Gasteiger partial charge in [-0.15, -0.1) is 0 Å². The molecule has 10 heteroatoms. The smallest absolute Gasteiger partial charge is 0.122 e. The quantitative estimate of drug-likeness (QED) is 0.518. The van der Waals surface area contributed by atoms with Gasteiger partial charge >= 0.3 is 0 Å². The van der Waals surface area contributed by atoms with Crippen molar-refractivity contribution in [3.8, 4) is 28.7 Å². The summed E-state index contributed by atoms with van der Waals surface area (Å²) in [6, 6.07) is 6.10. The molecule has 0 aliphatic heterocycles. The summed E-state index contributed by atoms with van der Waals surface area (Å²) in [5.41, 5.74) is 15.8. The van der Waals surface area contributed by atoms with E-state index in [1.165, 1.54) is 0 Å². The summed E-state index contributed by atoms with van der Waals surface area (Å²) in [7, 11) is 1.80. The van der Waals surface area contributed by atoms with Crippen molar-refractivity contribution in [3.05, 3.63) is 36.9 Å². The normalized spacial score (nSPS) is 21.4. The van der Waals surface area contributed by atoms with Gasteiger partial charge in [0.2, 0.25) is 0 Å². The van der Waals surface area contributed by atoms with Crippen molar-refractivity contribution in [3.63, 3.8) is 0 Å². The zero-order valence-corrected chi connectivity index (χ0v) is 17.3. The summed E-state index contributed by atoms with van der Waals surface area (Å²) in [6.07, 6.45) is 10.8. The molecule has 1 saturated carbocycles. The molecule has 4 N–H and O–H groups in total. The Morgan fingerprint density at radius 3 is 2.71 bits per heavy atom. The first-order valence-electron chi connectivity index (χ1n) is 10.3. The van der Waals surface area contributed by atoms with Crippen LogP contribution < -0.4 is 11.5 Å². The summed E-state index contributed by atoms with van der Waals surface area (Å²) in [5.74, 6) is 0.662. The second-order valence-electron chi connectivity index (χ2n) is 8.22. The molecular weight excluding hydrogens is 392 g/mol. The Labute approximate surface area is 179 Å². The molecule has 5 rings (SSSR count). The molecule has 10 nitrogen and oxygen atoms in total. The maximum atomic E-state index is 9.24. The van der Waals surface area contributed by atoms with Crippen LogP contribution in [-0.2, 0) is 12.6 Å². The summed E-state index contributed by atoms with van der Waals surface area (Å²) in [6.45, 7) is 0.481. The second kappa shape index (κ2) is 7.21. The van der Waals surface area contributed by atoms with Gasteiger partial charge in [-0.1, -0.05) is 0 Å². The van der Waals surface area contributed by atoms with Gasteiger partial charge in [-0.3, -0.25) is 9.36 Å². The van der Waals surface area contributed by atoms with Crippen LogP contribution >= 0.6 is 0 Å². The molecule has 4 aromatic rings. The monoisotopic (exact) mass is 416 g/mol. The van der Waals surface area contributed by atoms with E-state index in [0.29, 0.717) is 23.8 Å². The fourth-order valence-corrected chi connectivity index (χ4v) is 4.39. The first-order chi connectivity index (χ1) is 15.0. The zero-order chi connectivity index (χ0) is 21.6. The minimum absolute atomic E-state index is 0.102. The predicted octanol–water partition coefficient (Wildman–Crippen LogP) is 1.94. The number of hydrogen-bond acceptors (Lipinski definition) is 7. The number of aromatic nitrogens is 7. The van der Waals surface area contributed by atoms with Crippen LogP contribution in [0.25, 0.3) is 28.2 Å². The van der Waals surface area contributed by atoms with E-state index < -0.39 is 0 Å². The van der Waals surface area contributed by atoms with Crippen LogP contribution in [0.5, 0.6) is 0 Å². The average Bonchev–Trinajstić information content (AvgIpc) is 3.53. The van der Waals surface area contributed by atoms with Crippen LogP contribution in [0.1, 0.15) is 25.7 Å². The predicted molar refractivity (Wildman–Crippen MR) is 115 cm³/mol. The Morgan fingerprint density at radius 2 is 2.03 bits per heavy atom. The number of nitrogens with two attached hydrogens (primary N) is 2.